The third-order valence-corrected chi connectivity index (χ3v) is 8.39. The Morgan fingerprint density at radius 2 is 1.75 bits per heavy atom. The lowest BCUT2D eigenvalue weighted by atomic mass is 9.89. The van der Waals surface area contributed by atoms with Gasteiger partial charge in [0.25, 0.3) is 0 Å². The van der Waals surface area contributed by atoms with Crippen LogP contribution < -0.4 is 15.8 Å². The summed E-state index contributed by atoms with van der Waals surface area (Å²) in [6.07, 6.45) is 16.5. The van der Waals surface area contributed by atoms with Crippen LogP contribution in [0.15, 0.2) is 48.7 Å². The summed E-state index contributed by atoms with van der Waals surface area (Å²) in [6.45, 7) is 2.24. The first-order valence-electron chi connectivity index (χ1n) is 14.0. The molecule has 2 aliphatic rings. The number of ether oxygens (including phenoxy) is 1. The fourth-order valence-electron chi connectivity index (χ4n) is 6.33. The molecule has 1 aromatic heterocycles. The highest BCUT2D eigenvalue weighted by molar-refractivity contribution is 5.89. The molecule has 4 nitrogen and oxygen atoms in total. The highest BCUT2D eigenvalue weighted by Crippen LogP contribution is 2.35. The number of aromatic nitrogens is 1. The van der Waals surface area contributed by atoms with Gasteiger partial charge >= 0.3 is 0 Å². The van der Waals surface area contributed by atoms with Gasteiger partial charge in [-0.1, -0.05) is 43.5 Å². The number of halogens is 1. The number of aryl methyl sites for hydroxylation is 1. The Morgan fingerprint density at radius 1 is 0.972 bits per heavy atom. The summed E-state index contributed by atoms with van der Waals surface area (Å²) in [5.74, 6) is 1.76. The lowest BCUT2D eigenvalue weighted by molar-refractivity contribution is 0.322. The summed E-state index contributed by atoms with van der Waals surface area (Å²) in [7, 11) is 1.76. The van der Waals surface area contributed by atoms with Gasteiger partial charge in [-0.2, -0.15) is 0 Å². The maximum Gasteiger partial charge on any atom is 0.126 e. The fourth-order valence-corrected chi connectivity index (χ4v) is 6.33. The molecular weight excluding hydrogens is 466 g/mol. The largest absolute Gasteiger partial charge is 0.496 e. The maximum atomic E-state index is 6.08. The van der Waals surface area contributed by atoms with Gasteiger partial charge < -0.3 is 20.4 Å². The quantitative estimate of drug-likeness (QED) is 0.302. The Labute approximate surface area is 223 Å². The molecule has 196 valence electrons. The van der Waals surface area contributed by atoms with Crippen molar-refractivity contribution < 1.29 is 4.74 Å². The zero-order valence-electron chi connectivity index (χ0n) is 21.9. The van der Waals surface area contributed by atoms with E-state index in [2.05, 4.69) is 52.5 Å². The molecule has 0 bridgehead atoms. The smallest absolute Gasteiger partial charge is 0.126 e. The summed E-state index contributed by atoms with van der Waals surface area (Å²) < 4.78 is 8.23. The van der Waals surface area contributed by atoms with Gasteiger partial charge in [-0.15, -0.1) is 12.4 Å². The minimum atomic E-state index is 0. The van der Waals surface area contributed by atoms with E-state index < -0.39 is 0 Å². The third kappa shape index (κ3) is 6.45. The van der Waals surface area contributed by atoms with Crippen LogP contribution in [-0.2, 0) is 13.0 Å². The number of para-hydroxylation sites is 1. The number of fused-ring (bicyclic) bond motifs is 1. The van der Waals surface area contributed by atoms with Crippen molar-refractivity contribution in [2.24, 2.45) is 11.7 Å². The predicted molar refractivity (Wildman–Crippen MR) is 154 cm³/mol. The molecule has 5 heteroatoms. The van der Waals surface area contributed by atoms with E-state index in [4.69, 9.17) is 10.5 Å². The Hall–Kier alpha value is -2.01. The van der Waals surface area contributed by atoms with Crippen LogP contribution in [0.4, 0.5) is 0 Å². The van der Waals surface area contributed by atoms with E-state index in [-0.39, 0.29) is 12.4 Å². The van der Waals surface area contributed by atoms with Crippen molar-refractivity contribution in [2.45, 2.75) is 89.3 Å². The Kier molecular flexibility index (Phi) is 9.75. The van der Waals surface area contributed by atoms with E-state index in [0.717, 1.165) is 44.0 Å². The molecule has 0 atom stereocenters. The summed E-state index contributed by atoms with van der Waals surface area (Å²) in [5, 5.41) is 5.22. The predicted octanol–water partition coefficient (Wildman–Crippen LogP) is 7.11. The summed E-state index contributed by atoms with van der Waals surface area (Å²) in [5.41, 5.74) is 11.4. The molecule has 2 saturated carbocycles. The first-order chi connectivity index (χ1) is 17.2. The van der Waals surface area contributed by atoms with Gasteiger partial charge in [0.05, 0.1) is 7.11 Å². The molecule has 2 aliphatic carbocycles. The lowest BCUT2D eigenvalue weighted by Crippen LogP contribution is -2.37. The van der Waals surface area contributed by atoms with Gasteiger partial charge in [0.15, 0.2) is 0 Å². The highest BCUT2D eigenvalue weighted by Gasteiger charge is 2.19. The number of hydrogen-bond donors (Lipinski definition) is 2. The molecule has 36 heavy (non-hydrogen) atoms. The molecule has 2 aromatic carbocycles. The normalized spacial score (nSPS) is 20.8. The van der Waals surface area contributed by atoms with E-state index in [0.29, 0.717) is 12.1 Å². The lowest BCUT2D eigenvalue weighted by Gasteiger charge is -2.26. The second-order valence-corrected chi connectivity index (χ2v) is 10.9. The van der Waals surface area contributed by atoms with Gasteiger partial charge in [-0.25, -0.2) is 0 Å². The monoisotopic (exact) mass is 509 g/mol. The first-order valence-corrected chi connectivity index (χ1v) is 14.0. The molecule has 0 saturated heterocycles. The van der Waals surface area contributed by atoms with Crippen LogP contribution in [0, 0.1) is 5.92 Å². The van der Waals surface area contributed by atoms with Crippen LogP contribution in [0.3, 0.4) is 0 Å². The van der Waals surface area contributed by atoms with E-state index >= 15 is 0 Å². The molecule has 3 aromatic rings. The molecular formula is C31H44ClN3O. The van der Waals surface area contributed by atoms with Crippen molar-refractivity contribution in [3.63, 3.8) is 0 Å². The number of rotatable bonds is 9. The Bertz CT molecular complexity index is 1100. The topological polar surface area (TPSA) is 52.2 Å². The van der Waals surface area contributed by atoms with Crippen molar-refractivity contribution in [2.75, 3.05) is 13.7 Å². The summed E-state index contributed by atoms with van der Waals surface area (Å²) in [6, 6.07) is 16.4. The second kappa shape index (κ2) is 13.0. The molecule has 0 unspecified atom stereocenters. The van der Waals surface area contributed by atoms with Crippen LogP contribution in [0.25, 0.3) is 22.0 Å². The fraction of sp³-hybridized carbons (Fsp3) is 0.548. The average molecular weight is 510 g/mol. The minimum absolute atomic E-state index is 0. The third-order valence-electron chi connectivity index (χ3n) is 8.39. The van der Waals surface area contributed by atoms with Crippen LogP contribution in [-0.4, -0.2) is 30.3 Å². The van der Waals surface area contributed by atoms with Crippen molar-refractivity contribution >= 4 is 23.3 Å². The van der Waals surface area contributed by atoms with Crippen molar-refractivity contribution in [3.05, 3.63) is 54.2 Å². The molecule has 1 heterocycles. The first kappa shape index (κ1) is 27.0. The molecule has 0 spiro atoms. The van der Waals surface area contributed by atoms with Crippen LogP contribution in [0.5, 0.6) is 5.75 Å². The van der Waals surface area contributed by atoms with Gasteiger partial charge in [0, 0.05) is 41.3 Å². The van der Waals surface area contributed by atoms with Gasteiger partial charge in [0.2, 0.25) is 0 Å². The molecule has 2 fully saturated rings. The molecule has 0 aliphatic heterocycles. The van der Waals surface area contributed by atoms with E-state index in [9.17, 15) is 0 Å². The SMILES string of the molecule is COc1ccccc1-c1ccc2c(c1)c(CCCNC1CCC(N)CC1)cn2CC1CCCCC1.Cl. The van der Waals surface area contributed by atoms with Crippen LogP contribution >= 0.6 is 12.4 Å². The Balaban J connectivity index is 0.00000304. The number of methoxy groups -OCH3 is 1. The van der Waals surface area contributed by atoms with E-state index in [1.54, 1.807) is 7.11 Å². The number of nitrogens with zero attached hydrogens (tertiary/aromatic N) is 1. The van der Waals surface area contributed by atoms with Crippen LogP contribution in [0.1, 0.15) is 69.8 Å². The zero-order valence-corrected chi connectivity index (χ0v) is 22.7. The van der Waals surface area contributed by atoms with E-state index in [1.165, 1.54) is 79.0 Å². The number of benzene rings is 2. The molecule has 0 amide bonds. The van der Waals surface area contributed by atoms with E-state index in [1.807, 2.05) is 6.07 Å². The summed E-state index contributed by atoms with van der Waals surface area (Å²) in [4.78, 5) is 0. The van der Waals surface area contributed by atoms with Gasteiger partial charge in [-0.05, 0) is 93.2 Å². The minimum Gasteiger partial charge on any atom is -0.496 e. The van der Waals surface area contributed by atoms with Crippen molar-refractivity contribution in [3.8, 4) is 16.9 Å². The maximum absolute atomic E-state index is 6.08. The molecule has 0 radical (unpaired) electrons. The van der Waals surface area contributed by atoms with Gasteiger partial charge in [-0.3, -0.25) is 0 Å². The standard InChI is InChI=1S/C31H43N3O.ClH/c1-35-31-12-6-5-11-28(31)24-13-18-30-29(20-24)25(22-34(30)21-23-8-3-2-4-9-23)10-7-19-33-27-16-14-26(32)15-17-27;/h5-6,11-13,18,20,22-23,26-27,33H,2-4,7-10,14-17,19,21,32H2,1H3;1H. The van der Waals surface area contributed by atoms with Crippen LogP contribution in [0.2, 0.25) is 0 Å². The number of hydrogen-bond acceptors (Lipinski definition) is 3. The average Bonchev–Trinajstić information content (AvgIpc) is 3.24. The van der Waals surface area contributed by atoms with Gasteiger partial charge in [0.1, 0.15) is 5.75 Å². The molecule has 3 N–H and O–H groups in total. The second-order valence-electron chi connectivity index (χ2n) is 10.9. The Morgan fingerprint density at radius 3 is 2.53 bits per heavy atom. The highest BCUT2D eigenvalue weighted by atomic mass is 35.5. The zero-order chi connectivity index (χ0) is 24.0. The molecule has 5 rings (SSSR count). The summed E-state index contributed by atoms with van der Waals surface area (Å²) >= 11 is 0. The van der Waals surface area contributed by atoms with Crippen molar-refractivity contribution in [1.29, 1.82) is 0 Å². The number of nitrogens with two attached hydrogens (primary N) is 1. The van der Waals surface area contributed by atoms with Crippen molar-refractivity contribution in [1.82, 2.24) is 9.88 Å². The number of nitrogens with one attached hydrogen (secondary N) is 1.